The Kier molecular flexibility index (Phi) is 11.5. The van der Waals surface area contributed by atoms with Crippen molar-refractivity contribution in [1.29, 1.82) is 0 Å². The van der Waals surface area contributed by atoms with Crippen molar-refractivity contribution in [2.75, 3.05) is 14.7 Å². The second-order valence-corrected chi connectivity index (χ2v) is 32.4. The summed E-state index contributed by atoms with van der Waals surface area (Å²) in [7, 11) is 0. The number of rotatable bonds is 5. The van der Waals surface area contributed by atoms with E-state index in [9.17, 15) is 0 Å². The molecule has 6 aliphatic rings. The Morgan fingerprint density at radius 3 is 1.65 bits per heavy atom. The van der Waals surface area contributed by atoms with Crippen LogP contribution in [-0.4, -0.2) is 12.7 Å². The maximum atomic E-state index is 7.84. The molecule has 2 unspecified atom stereocenters. The normalized spacial score (nSPS) is 21.3. The maximum Gasteiger partial charge on any atom is 0.267 e. The van der Waals surface area contributed by atoms with Crippen molar-refractivity contribution in [2.24, 2.45) is 0 Å². The molecule has 0 saturated heterocycles. The number of para-hydroxylation sites is 1. The summed E-state index contributed by atoms with van der Waals surface area (Å²) in [5, 5.41) is 2.62. The van der Waals surface area contributed by atoms with E-state index in [0.29, 0.717) is 0 Å². The molecule has 0 bridgehead atoms. The number of thiophene rings is 1. The summed E-state index contributed by atoms with van der Waals surface area (Å²) in [5.74, 6) is 1.00. The zero-order chi connectivity index (χ0) is 58.6. The lowest BCUT2D eigenvalue weighted by Crippen LogP contribution is -2.65. The van der Waals surface area contributed by atoms with Gasteiger partial charge < -0.3 is 19.4 Å². The highest BCUT2D eigenvalue weighted by atomic mass is 32.1. The van der Waals surface area contributed by atoms with Gasteiger partial charge in [0, 0.05) is 65.5 Å². The molecule has 0 fully saturated rings. The van der Waals surface area contributed by atoms with E-state index in [1.165, 1.54) is 117 Å². The lowest BCUT2D eigenvalue weighted by molar-refractivity contribution is 0.282. The van der Waals surface area contributed by atoms with Gasteiger partial charge in [0.15, 0.2) is 0 Å². The predicted octanol–water partition coefficient (Wildman–Crippen LogP) is 20.5. The van der Waals surface area contributed by atoms with E-state index in [1.54, 1.807) is 0 Å². The smallest absolute Gasteiger partial charge is 0.267 e. The van der Waals surface area contributed by atoms with Gasteiger partial charge in [-0.25, -0.2) is 0 Å². The van der Waals surface area contributed by atoms with Crippen molar-refractivity contribution in [2.45, 2.75) is 192 Å². The minimum absolute atomic E-state index is 0.00288. The number of nitrogens with zero attached hydrogens (tertiary/aromatic N) is 3. The zero-order valence-electron chi connectivity index (χ0n) is 52.6. The summed E-state index contributed by atoms with van der Waals surface area (Å²) >= 11 is 1.89. The van der Waals surface area contributed by atoms with Crippen LogP contribution in [0.2, 0.25) is 0 Å². The van der Waals surface area contributed by atoms with Gasteiger partial charge in [-0.2, -0.15) is 0 Å². The van der Waals surface area contributed by atoms with E-state index in [1.807, 2.05) is 11.3 Å². The molecule has 3 aliphatic carbocycles. The lowest BCUT2D eigenvalue weighted by Gasteiger charge is -2.50. The van der Waals surface area contributed by atoms with Crippen LogP contribution in [0.3, 0.4) is 0 Å². The van der Waals surface area contributed by atoms with Gasteiger partial charge in [0.1, 0.15) is 11.8 Å². The monoisotopic (exact) mass is 1120 g/mol. The third kappa shape index (κ3) is 8.03. The first kappa shape index (κ1) is 53.9. The first-order valence-corrected chi connectivity index (χ1v) is 32.4. The summed E-state index contributed by atoms with van der Waals surface area (Å²) < 4.78 is 10.4. The van der Waals surface area contributed by atoms with Crippen molar-refractivity contribution >= 4 is 94.6 Å². The quantitative estimate of drug-likeness (QED) is 0.160. The minimum Gasteiger partial charge on any atom is -0.495 e. The topological polar surface area (TPSA) is 19.0 Å². The van der Waals surface area contributed by atoms with Gasteiger partial charge in [0.05, 0.1) is 11.7 Å². The van der Waals surface area contributed by atoms with Gasteiger partial charge in [-0.15, -0.1) is 11.3 Å². The van der Waals surface area contributed by atoms with Crippen LogP contribution in [0.4, 0.5) is 45.5 Å². The molecule has 0 radical (unpaired) electrons. The first-order chi connectivity index (χ1) is 39.7. The molecule has 8 aromatic carbocycles. The molecule has 1 aromatic heterocycles. The van der Waals surface area contributed by atoms with Crippen LogP contribution >= 0.6 is 11.3 Å². The fourth-order valence-electron chi connectivity index (χ4n) is 16.5. The fraction of sp³-hybridized carbons (Fsp3) is 0.385. The van der Waals surface area contributed by atoms with E-state index in [2.05, 4.69) is 270 Å². The van der Waals surface area contributed by atoms with Crippen molar-refractivity contribution < 1.29 is 4.74 Å². The van der Waals surface area contributed by atoms with E-state index in [4.69, 9.17) is 4.74 Å². The lowest BCUT2D eigenvalue weighted by atomic mass is 9.32. The van der Waals surface area contributed by atoms with Crippen LogP contribution < -0.4 is 30.4 Å². The zero-order valence-corrected chi connectivity index (χ0v) is 53.4. The second kappa shape index (κ2) is 17.9. The number of fused-ring (bicyclic) bond motifs is 12. The van der Waals surface area contributed by atoms with Gasteiger partial charge in [0.2, 0.25) is 0 Å². The highest BCUT2D eigenvalue weighted by Crippen LogP contribution is 2.58. The van der Waals surface area contributed by atoms with E-state index < -0.39 is 0 Å². The van der Waals surface area contributed by atoms with Crippen molar-refractivity contribution in [1.82, 2.24) is 0 Å². The van der Waals surface area contributed by atoms with E-state index in [-0.39, 0.29) is 56.7 Å². The minimum atomic E-state index is -0.227. The van der Waals surface area contributed by atoms with E-state index >= 15 is 0 Å². The Labute approximate surface area is 505 Å². The molecule has 84 heavy (non-hydrogen) atoms. The second-order valence-electron chi connectivity index (χ2n) is 31.3. The van der Waals surface area contributed by atoms with E-state index in [0.717, 1.165) is 48.5 Å². The Morgan fingerprint density at radius 2 is 1.01 bits per heavy atom. The number of hydrogen-bond donors (Lipinski definition) is 0. The molecule has 0 saturated carbocycles. The SMILES string of the molecule is CC(C)(C)c1ccc2c(c1)C1C(O2)B2c3cc4c(cc3N(c3ccc5c(c3)C(C)(C)CCC5(C)C)c3cc(N(c5ccccc5)c5ccc6c(c5)sc5ccccc56)cc(c32)N1c1ccc2c(c1)C(C)(C)CCC2(C)C)C(C)(C)CCC4(C)C. The number of hydrogen-bond acceptors (Lipinski definition) is 5. The average molecular weight is 1120 g/mol. The van der Waals surface area contributed by atoms with Crippen LogP contribution in [0.15, 0.2) is 152 Å². The first-order valence-electron chi connectivity index (χ1n) is 31.5. The predicted molar refractivity (Wildman–Crippen MR) is 360 cm³/mol. The van der Waals surface area contributed by atoms with Gasteiger partial charge >= 0.3 is 0 Å². The summed E-state index contributed by atoms with van der Waals surface area (Å²) in [5.41, 5.74) is 23.9. The number of anilines is 8. The standard InChI is InChI=1S/C78H84BN3OS/c1-72(2,3)47-25-32-66-55(39-47)70-71(83-66)79-62-45-60-61(78(14,15)38-37-77(60,12)13)46-63(62)81(49-27-30-56-58(40-49)75(8,9)35-33-73(56,4)5)64-42-52(43-65(69(64)79)82(70)50-28-31-57-59(41-50)76(10,11)36-34-74(57,6)7)80(48-21-17-16-18-22-48)51-26-29-54-53-23-19-20-24-67(53)84-68(54)44-51/h16-32,39-46,70-71H,33-38H2,1-15H3. The van der Waals surface area contributed by atoms with Gasteiger partial charge in [-0.1, -0.05) is 171 Å². The Hall–Kier alpha value is -6.76. The van der Waals surface area contributed by atoms with Crippen LogP contribution in [0.1, 0.15) is 193 Å². The summed E-state index contributed by atoms with van der Waals surface area (Å²) in [4.78, 5) is 8.07. The number of benzene rings is 8. The van der Waals surface area contributed by atoms with Gasteiger partial charge in [-0.3, -0.25) is 0 Å². The molecule has 9 aromatic rings. The van der Waals surface area contributed by atoms with Gasteiger partial charge in [-0.05, 0) is 211 Å². The van der Waals surface area contributed by atoms with Crippen LogP contribution in [0.25, 0.3) is 20.2 Å². The molecular weight excluding hydrogens is 1040 g/mol. The molecule has 4 heterocycles. The molecule has 0 spiro atoms. The molecule has 426 valence electrons. The maximum absolute atomic E-state index is 7.84. The molecule has 3 aliphatic heterocycles. The summed E-state index contributed by atoms with van der Waals surface area (Å²) in [6, 6.07) is 59.8. The molecule has 6 heteroatoms. The largest absolute Gasteiger partial charge is 0.495 e. The molecule has 0 N–H and O–H groups in total. The Morgan fingerprint density at radius 1 is 0.464 bits per heavy atom. The number of ether oxygens (including phenoxy) is 1. The molecule has 4 nitrogen and oxygen atoms in total. The summed E-state index contributed by atoms with van der Waals surface area (Å²) in [6.45, 7) is 36.8. The van der Waals surface area contributed by atoms with Crippen LogP contribution in [0, 0.1) is 0 Å². The molecule has 2 atom stereocenters. The van der Waals surface area contributed by atoms with Gasteiger partial charge in [0.25, 0.3) is 6.71 Å². The third-order valence-corrected chi connectivity index (χ3v) is 23.1. The third-order valence-electron chi connectivity index (χ3n) is 22.0. The molecular formula is C78H84BN3OS. The van der Waals surface area contributed by atoms with Crippen LogP contribution in [-0.2, 0) is 37.9 Å². The van der Waals surface area contributed by atoms with Crippen molar-refractivity contribution in [3.05, 3.63) is 196 Å². The van der Waals surface area contributed by atoms with Crippen molar-refractivity contribution in [3.63, 3.8) is 0 Å². The Bertz CT molecular complexity index is 4230. The highest BCUT2D eigenvalue weighted by Gasteiger charge is 2.57. The Balaban J connectivity index is 1.09. The molecule has 15 rings (SSSR count). The highest BCUT2D eigenvalue weighted by molar-refractivity contribution is 7.25. The van der Waals surface area contributed by atoms with Crippen LogP contribution in [0.5, 0.6) is 5.75 Å². The molecule has 0 amide bonds. The fourth-order valence-corrected chi connectivity index (χ4v) is 17.6. The average Bonchev–Trinajstić information content (AvgIpc) is 1.17. The van der Waals surface area contributed by atoms with Crippen molar-refractivity contribution in [3.8, 4) is 5.75 Å². The summed E-state index contributed by atoms with van der Waals surface area (Å²) in [6.07, 6.45) is 6.92.